The molecule has 0 atom stereocenters. The largest absolute Gasteiger partial charge is 0.493 e. The first-order valence-electron chi connectivity index (χ1n) is 10.1. The van der Waals surface area contributed by atoms with Gasteiger partial charge in [-0.3, -0.25) is 9.89 Å². The Morgan fingerprint density at radius 2 is 1.82 bits per heavy atom. The van der Waals surface area contributed by atoms with Crippen LogP contribution in [0.4, 0.5) is 10.1 Å². The summed E-state index contributed by atoms with van der Waals surface area (Å²) in [5.41, 5.74) is 3.23. The summed E-state index contributed by atoms with van der Waals surface area (Å²) in [6.45, 7) is 1.66. The van der Waals surface area contributed by atoms with E-state index in [1.165, 1.54) is 29.1 Å². The summed E-state index contributed by atoms with van der Waals surface area (Å²) in [5.74, 6) is 0.686. The Morgan fingerprint density at radius 3 is 2.56 bits per heavy atom. The minimum absolute atomic E-state index is 0.121. The number of nitrogens with one attached hydrogen (secondary N) is 3. The molecule has 0 aliphatic rings. The van der Waals surface area contributed by atoms with Gasteiger partial charge in [0.25, 0.3) is 5.91 Å². The zero-order valence-electron chi connectivity index (χ0n) is 18.4. The molecule has 1 amide bonds. The number of aryl methyl sites for hydroxylation is 1. The van der Waals surface area contributed by atoms with E-state index in [4.69, 9.17) is 9.47 Å². The zero-order valence-corrected chi connectivity index (χ0v) is 18.4. The molecule has 0 aliphatic heterocycles. The van der Waals surface area contributed by atoms with Gasteiger partial charge in [-0.15, -0.1) is 5.10 Å². The second kappa shape index (κ2) is 8.31. The molecule has 0 aliphatic carbocycles. The molecule has 2 aromatic carbocycles. The van der Waals surface area contributed by atoms with Crippen LogP contribution >= 0.6 is 0 Å². The first kappa shape index (κ1) is 21.1. The number of carbonyl (C=O) groups is 1. The van der Waals surface area contributed by atoms with Crippen LogP contribution in [-0.2, 0) is 0 Å². The number of fused-ring (bicyclic) bond motifs is 1. The number of anilines is 1. The van der Waals surface area contributed by atoms with Gasteiger partial charge in [0.1, 0.15) is 5.82 Å². The predicted octanol–water partition coefficient (Wildman–Crippen LogP) is 3.25. The molecular weight excluding hydrogens is 443 g/mol. The fourth-order valence-corrected chi connectivity index (χ4v) is 3.47. The van der Waals surface area contributed by atoms with Crippen LogP contribution in [0.5, 0.6) is 11.5 Å². The minimum Gasteiger partial charge on any atom is -0.493 e. The number of halogens is 1. The van der Waals surface area contributed by atoms with Gasteiger partial charge >= 0.3 is 0 Å². The number of aromatic amines is 2. The number of amides is 1. The van der Waals surface area contributed by atoms with E-state index >= 15 is 0 Å². The van der Waals surface area contributed by atoms with E-state index < -0.39 is 5.91 Å². The van der Waals surface area contributed by atoms with E-state index in [0.29, 0.717) is 51.1 Å². The summed E-state index contributed by atoms with van der Waals surface area (Å²) < 4.78 is 23.9. The number of ether oxygens (including phenoxy) is 2. The number of imidazole rings is 1. The second-order valence-corrected chi connectivity index (χ2v) is 7.31. The van der Waals surface area contributed by atoms with Gasteiger partial charge in [-0.1, -0.05) is 0 Å². The number of hydrogen-bond donors (Lipinski definition) is 3. The summed E-state index contributed by atoms with van der Waals surface area (Å²) >= 11 is 0. The monoisotopic (exact) mass is 462 g/mol. The Kier molecular flexibility index (Phi) is 5.17. The molecular formula is C22H19FN8O3. The average molecular weight is 462 g/mol. The molecule has 11 nitrogen and oxygen atoms in total. The third kappa shape index (κ3) is 3.70. The van der Waals surface area contributed by atoms with Gasteiger partial charge < -0.3 is 19.8 Å². The van der Waals surface area contributed by atoms with Gasteiger partial charge in [0.2, 0.25) is 0 Å². The van der Waals surface area contributed by atoms with E-state index in [2.05, 4.69) is 35.7 Å². The van der Waals surface area contributed by atoms with Gasteiger partial charge in [-0.2, -0.15) is 15.0 Å². The highest BCUT2D eigenvalue weighted by Gasteiger charge is 2.21. The molecule has 0 unspecified atom stereocenters. The molecule has 12 heteroatoms. The Labute approximate surface area is 191 Å². The highest BCUT2D eigenvalue weighted by Crippen LogP contribution is 2.33. The summed E-state index contributed by atoms with van der Waals surface area (Å²) in [6.07, 6.45) is 1.54. The molecule has 0 fully saturated rings. The van der Waals surface area contributed by atoms with E-state index in [9.17, 15) is 9.18 Å². The van der Waals surface area contributed by atoms with Crippen molar-refractivity contribution in [2.75, 3.05) is 19.5 Å². The van der Waals surface area contributed by atoms with E-state index in [0.717, 1.165) is 0 Å². The number of hydrogen-bond acceptors (Lipinski definition) is 7. The first-order valence-corrected chi connectivity index (χ1v) is 10.1. The molecule has 5 rings (SSSR count). The SMILES string of the molecule is COc1cc2nc(-c3n[nH]cc3NC(=O)c3nn(-c4ccc(F)cc4)nc3C)[nH]c2cc1OC. The van der Waals surface area contributed by atoms with Crippen molar-refractivity contribution in [2.45, 2.75) is 6.92 Å². The lowest BCUT2D eigenvalue weighted by Gasteiger charge is -2.06. The Hall–Kier alpha value is -4.74. The van der Waals surface area contributed by atoms with Crippen LogP contribution in [0.1, 0.15) is 16.2 Å². The lowest BCUT2D eigenvalue weighted by atomic mass is 10.3. The van der Waals surface area contributed by atoms with Crippen molar-refractivity contribution in [3.63, 3.8) is 0 Å². The topological polar surface area (TPSA) is 136 Å². The molecule has 172 valence electrons. The lowest BCUT2D eigenvalue weighted by molar-refractivity contribution is 0.102. The Bertz CT molecular complexity index is 1460. The Morgan fingerprint density at radius 1 is 1.09 bits per heavy atom. The average Bonchev–Trinajstić information content (AvgIpc) is 3.56. The third-order valence-corrected chi connectivity index (χ3v) is 5.15. The molecule has 0 spiro atoms. The smallest absolute Gasteiger partial charge is 0.278 e. The molecule has 5 aromatic rings. The number of nitrogens with zero attached hydrogens (tertiary/aromatic N) is 5. The first-order chi connectivity index (χ1) is 16.5. The standard InChI is InChI=1S/C22H19FN8O3/c1-11-19(30-31(29-11)13-6-4-12(23)5-7-13)22(32)27-16-10-24-28-20(16)21-25-14-8-17(33-2)18(34-3)9-15(14)26-21/h4-10H,1-3H3,(H,24,28)(H,25,26)(H,27,32). The van der Waals surface area contributed by atoms with E-state index in [-0.39, 0.29) is 11.5 Å². The molecule has 3 N–H and O–H groups in total. The molecule has 3 heterocycles. The second-order valence-electron chi connectivity index (χ2n) is 7.31. The number of methoxy groups -OCH3 is 2. The van der Waals surface area contributed by atoms with Crippen molar-refractivity contribution < 1.29 is 18.7 Å². The zero-order chi connectivity index (χ0) is 23.8. The van der Waals surface area contributed by atoms with Crippen molar-refractivity contribution in [3.8, 4) is 28.7 Å². The molecule has 0 saturated carbocycles. The maximum atomic E-state index is 13.2. The highest BCUT2D eigenvalue weighted by molar-refractivity contribution is 6.05. The number of H-pyrrole nitrogens is 2. The summed E-state index contributed by atoms with van der Waals surface area (Å²) in [4.78, 5) is 22.0. The predicted molar refractivity (Wildman–Crippen MR) is 121 cm³/mol. The maximum absolute atomic E-state index is 13.2. The van der Waals surface area contributed by atoms with Crippen LogP contribution in [0.2, 0.25) is 0 Å². The highest BCUT2D eigenvalue weighted by atomic mass is 19.1. The van der Waals surface area contributed by atoms with Gasteiger partial charge in [0, 0.05) is 18.3 Å². The van der Waals surface area contributed by atoms with Crippen LogP contribution in [-0.4, -0.2) is 55.3 Å². The number of rotatable bonds is 6. The van der Waals surface area contributed by atoms with Crippen LogP contribution in [0.25, 0.3) is 28.2 Å². The van der Waals surface area contributed by atoms with Crippen molar-refractivity contribution in [2.24, 2.45) is 0 Å². The van der Waals surface area contributed by atoms with Crippen LogP contribution in [0.15, 0.2) is 42.6 Å². The van der Waals surface area contributed by atoms with Crippen molar-refractivity contribution in [1.29, 1.82) is 0 Å². The third-order valence-electron chi connectivity index (χ3n) is 5.15. The van der Waals surface area contributed by atoms with Crippen LogP contribution in [0, 0.1) is 12.7 Å². The van der Waals surface area contributed by atoms with Crippen molar-refractivity contribution >= 4 is 22.6 Å². The number of benzene rings is 2. The molecule has 0 bridgehead atoms. The normalized spacial score (nSPS) is 11.1. The van der Waals surface area contributed by atoms with Gasteiger partial charge in [-0.25, -0.2) is 9.37 Å². The Balaban J connectivity index is 1.43. The summed E-state index contributed by atoms with van der Waals surface area (Å²) in [7, 11) is 3.10. The van der Waals surface area contributed by atoms with Gasteiger partial charge in [0.05, 0.1) is 42.3 Å². The summed E-state index contributed by atoms with van der Waals surface area (Å²) in [6, 6.07) is 9.16. The van der Waals surface area contributed by atoms with Crippen molar-refractivity contribution in [3.05, 3.63) is 59.8 Å². The van der Waals surface area contributed by atoms with E-state index in [1.807, 2.05) is 0 Å². The molecule has 3 aromatic heterocycles. The van der Waals surface area contributed by atoms with Crippen LogP contribution < -0.4 is 14.8 Å². The van der Waals surface area contributed by atoms with Gasteiger partial charge in [-0.05, 0) is 31.2 Å². The summed E-state index contributed by atoms with van der Waals surface area (Å²) in [5, 5.41) is 18.3. The van der Waals surface area contributed by atoms with Gasteiger partial charge in [0.15, 0.2) is 28.7 Å². The number of aromatic nitrogens is 7. The quantitative estimate of drug-likeness (QED) is 0.352. The fraction of sp³-hybridized carbons (Fsp3) is 0.136. The minimum atomic E-state index is -0.479. The lowest BCUT2D eigenvalue weighted by Crippen LogP contribution is -2.14. The number of carbonyl (C=O) groups excluding carboxylic acids is 1. The molecule has 34 heavy (non-hydrogen) atoms. The molecule has 0 saturated heterocycles. The maximum Gasteiger partial charge on any atom is 0.278 e. The molecule has 0 radical (unpaired) electrons. The van der Waals surface area contributed by atoms with E-state index in [1.54, 1.807) is 39.5 Å². The fourth-order valence-electron chi connectivity index (χ4n) is 3.47. The van der Waals surface area contributed by atoms with Crippen molar-refractivity contribution in [1.82, 2.24) is 35.2 Å². The van der Waals surface area contributed by atoms with Crippen LogP contribution in [0.3, 0.4) is 0 Å².